The molecule has 1 fully saturated rings. The molecule has 1 aliphatic carbocycles. The molecule has 2 atom stereocenters. The maximum Gasteiger partial charge on any atom is 0.0914 e. The molecular formula is C7H15NO2S. The Morgan fingerprint density at radius 3 is 2.73 bits per heavy atom. The second-order valence-electron chi connectivity index (χ2n) is 2.88. The maximum absolute atomic E-state index is 10.7. The molecule has 2 N–H and O–H groups in total. The minimum absolute atomic E-state index is 0.144. The highest BCUT2D eigenvalue weighted by atomic mass is 32.2. The zero-order chi connectivity index (χ0) is 8.27. The van der Waals surface area contributed by atoms with Crippen molar-refractivity contribution in [3.63, 3.8) is 0 Å². The van der Waals surface area contributed by atoms with E-state index in [4.69, 9.17) is 9.88 Å². The molecule has 0 spiro atoms. The third-order valence-corrected chi connectivity index (χ3v) is 2.51. The van der Waals surface area contributed by atoms with Crippen molar-refractivity contribution in [3.05, 3.63) is 0 Å². The average Bonchev–Trinajstić information content (AvgIpc) is 2.66. The highest BCUT2D eigenvalue weighted by Gasteiger charge is 2.32. The summed E-state index contributed by atoms with van der Waals surface area (Å²) in [6.07, 6.45) is 2.56. The van der Waals surface area contributed by atoms with E-state index in [2.05, 4.69) is 0 Å². The smallest absolute Gasteiger partial charge is 0.0914 e. The van der Waals surface area contributed by atoms with E-state index in [0.29, 0.717) is 18.3 Å². The first-order valence-electron chi connectivity index (χ1n) is 3.98. The van der Waals surface area contributed by atoms with E-state index >= 15 is 0 Å². The van der Waals surface area contributed by atoms with E-state index in [0.717, 1.165) is 0 Å². The summed E-state index contributed by atoms with van der Waals surface area (Å²) in [5, 5.41) is 5.18. The van der Waals surface area contributed by atoms with Crippen molar-refractivity contribution in [1.82, 2.24) is 0 Å². The van der Waals surface area contributed by atoms with Gasteiger partial charge in [-0.2, -0.15) is 0 Å². The first-order valence-corrected chi connectivity index (χ1v) is 5.36. The van der Waals surface area contributed by atoms with Gasteiger partial charge in [-0.05, 0) is 25.7 Å². The Morgan fingerprint density at radius 2 is 2.36 bits per heavy atom. The first-order chi connectivity index (χ1) is 5.24. The van der Waals surface area contributed by atoms with Crippen LogP contribution in [0.3, 0.4) is 0 Å². The molecule has 66 valence electrons. The van der Waals surface area contributed by atoms with Crippen molar-refractivity contribution >= 4 is 11.0 Å². The van der Waals surface area contributed by atoms with Crippen LogP contribution in [-0.2, 0) is 15.7 Å². The van der Waals surface area contributed by atoms with E-state index in [9.17, 15) is 4.21 Å². The highest BCUT2D eigenvalue weighted by Crippen LogP contribution is 2.34. The summed E-state index contributed by atoms with van der Waals surface area (Å²) in [6, 6.07) is 0. The number of nitrogens with two attached hydrogens (primary N) is 1. The van der Waals surface area contributed by atoms with Crippen LogP contribution < -0.4 is 5.14 Å². The fourth-order valence-corrected chi connectivity index (χ4v) is 1.86. The van der Waals surface area contributed by atoms with Crippen LogP contribution >= 0.6 is 0 Å². The second kappa shape index (κ2) is 4.18. The van der Waals surface area contributed by atoms with Gasteiger partial charge in [0.1, 0.15) is 0 Å². The van der Waals surface area contributed by atoms with Gasteiger partial charge in [0.25, 0.3) is 0 Å². The Hall–Kier alpha value is 0.0700. The molecule has 4 heteroatoms. The molecule has 1 saturated carbocycles. The Balaban J connectivity index is 2.26. The molecule has 0 aromatic heterocycles. The molecule has 0 aliphatic heterocycles. The molecule has 0 bridgehead atoms. The van der Waals surface area contributed by atoms with Crippen molar-refractivity contribution in [2.24, 2.45) is 11.1 Å². The van der Waals surface area contributed by atoms with Crippen LogP contribution in [0.4, 0.5) is 0 Å². The normalized spacial score (nSPS) is 23.1. The molecule has 3 nitrogen and oxygen atoms in total. The predicted octanol–water partition coefficient (Wildman–Crippen LogP) is 0.424. The van der Waals surface area contributed by atoms with E-state index in [1.807, 2.05) is 6.92 Å². The number of hydrogen-bond donors (Lipinski definition) is 1. The van der Waals surface area contributed by atoms with Gasteiger partial charge in [-0.25, -0.2) is 4.21 Å². The standard InChI is InChI=1S/C7H15NO2S/c1-2-10-7(5-11(8)9)6-3-4-6/h6-7H,2-5,8H2,1H3. The molecule has 2 unspecified atom stereocenters. The van der Waals surface area contributed by atoms with E-state index in [-0.39, 0.29) is 6.10 Å². The summed E-state index contributed by atoms with van der Waals surface area (Å²) >= 11 is 0. The summed E-state index contributed by atoms with van der Waals surface area (Å²) in [7, 11) is -1.20. The van der Waals surface area contributed by atoms with Gasteiger partial charge >= 0.3 is 0 Å². The van der Waals surface area contributed by atoms with E-state index < -0.39 is 11.0 Å². The lowest BCUT2D eigenvalue weighted by atomic mass is 10.3. The van der Waals surface area contributed by atoms with Crippen LogP contribution in [0.25, 0.3) is 0 Å². The Morgan fingerprint density at radius 1 is 1.73 bits per heavy atom. The molecule has 0 aromatic rings. The van der Waals surface area contributed by atoms with Gasteiger partial charge in [0.15, 0.2) is 0 Å². The van der Waals surface area contributed by atoms with Gasteiger partial charge in [0.05, 0.1) is 22.8 Å². The summed E-state index contributed by atoms with van der Waals surface area (Å²) in [5.41, 5.74) is 0. The van der Waals surface area contributed by atoms with Gasteiger partial charge in [-0.15, -0.1) is 0 Å². The molecule has 0 saturated heterocycles. The number of rotatable bonds is 5. The SMILES string of the molecule is CCOC(CS(N)=O)C1CC1. The van der Waals surface area contributed by atoms with Crippen molar-refractivity contribution < 1.29 is 8.95 Å². The monoisotopic (exact) mass is 177 g/mol. The molecule has 1 aliphatic rings. The van der Waals surface area contributed by atoms with Crippen molar-refractivity contribution in [3.8, 4) is 0 Å². The number of hydrogen-bond acceptors (Lipinski definition) is 2. The van der Waals surface area contributed by atoms with Gasteiger partial charge in [-0.3, -0.25) is 5.14 Å². The Kier molecular flexibility index (Phi) is 3.48. The van der Waals surface area contributed by atoms with Crippen LogP contribution in [0.15, 0.2) is 0 Å². The lowest BCUT2D eigenvalue weighted by molar-refractivity contribution is 0.0637. The largest absolute Gasteiger partial charge is 0.377 e. The molecule has 0 radical (unpaired) electrons. The van der Waals surface area contributed by atoms with Crippen molar-refractivity contribution in [2.75, 3.05) is 12.4 Å². The zero-order valence-corrected chi connectivity index (χ0v) is 7.60. The lowest BCUT2D eigenvalue weighted by Gasteiger charge is -2.13. The summed E-state index contributed by atoms with van der Waals surface area (Å²) in [4.78, 5) is 0. The predicted molar refractivity (Wildman–Crippen MR) is 45.3 cm³/mol. The summed E-state index contributed by atoms with van der Waals surface area (Å²) in [5.74, 6) is 1.13. The zero-order valence-electron chi connectivity index (χ0n) is 6.79. The van der Waals surface area contributed by atoms with E-state index in [1.165, 1.54) is 12.8 Å². The topological polar surface area (TPSA) is 52.3 Å². The van der Waals surface area contributed by atoms with Crippen LogP contribution in [0.2, 0.25) is 0 Å². The second-order valence-corrected chi connectivity index (χ2v) is 3.97. The van der Waals surface area contributed by atoms with Crippen LogP contribution in [0.1, 0.15) is 19.8 Å². The summed E-state index contributed by atoms with van der Waals surface area (Å²) in [6.45, 7) is 2.65. The molecule has 0 heterocycles. The Bertz CT molecular complexity index is 147. The van der Waals surface area contributed by atoms with Crippen LogP contribution in [-0.4, -0.2) is 22.7 Å². The third-order valence-electron chi connectivity index (χ3n) is 1.86. The van der Waals surface area contributed by atoms with Gasteiger partial charge in [0.2, 0.25) is 0 Å². The molecule has 11 heavy (non-hydrogen) atoms. The van der Waals surface area contributed by atoms with Gasteiger partial charge in [-0.1, -0.05) is 0 Å². The minimum atomic E-state index is -1.20. The van der Waals surface area contributed by atoms with Gasteiger partial charge < -0.3 is 4.74 Å². The fraction of sp³-hybridized carbons (Fsp3) is 1.00. The van der Waals surface area contributed by atoms with Crippen molar-refractivity contribution in [1.29, 1.82) is 0 Å². The molecular weight excluding hydrogens is 162 g/mol. The van der Waals surface area contributed by atoms with E-state index in [1.54, 1.807) is 0 Å². The van der Waals surface area contributed by atoms with Crippen LogP contribution in [0.5, 0.6) is 0 Å². The third kappa shape index (κ3) is 3.31. The van der Waals surface area contributed by atoms with Gasteiger partial charge in [0, 0.05) is 6.61 Å². The van der Waals surface area contributed by atoms with Crippen molar-refractivity contribution in [2.45, 2.75) is 25.9 Å². The number of ether oxygens (including phenoxy) is 1. The molecule has 1 rings (SSSR count). The lowest BCUT2D eigenvalue weighted by Crippen LogP contribution is -2.26. The molecule has 0 aromatic carbocycles. The molecule has 0 amide bonds. The summed E-state index contributed by atoms with van der Waals surface area (Å²) < 4.78 is 16.1. The first kappa shape index (κ1) is 9.16. The quantitative estimate of drug-likeness (QED) is 0.662. The highest BCUT2D eigenvalue weighted by molar-refractivity contribution is 7.82. The average molecular weight is 177 g/mol. The fourth-order valence-electron chi connectivity index (χ4n) is 1.16. The maximum atomic E-state index is 10.7. The minimum Gasteiger partial charge on any atom is -0.377 e. The van der Waals surface area contributed by atoms with Crippen LogP contribution in [0, 0.1) is 5.92 Å². The Labute approximate surface area is 69.9 Å².